The molecule has 0 aliphatic carbocycles. The molecule has 120 valence electrons. The van der Waals surface area contributed by atoms with Crippen LogP contribution < -0.4 is 4.74 Å². The largest absolute Gasteiger partial charge is 0.497 e. The van der Waals surface area contributed by atoms with Gasteiger partial charge in [-0.25, -0.2) is 0 Å². The van der Waals surface area contributed by atoms with Gasteiger partial charge in [0.1, 0.15) is 5.75 Å². The first-order valence-electron chi connectivity index (χ1n) is 8.26. The highest BCUT2D eigenvalue weighted by molar-refractivity contribution is 5.95. The van der Waals surface area contributed by atoms with Crippen LogP contribution in [0.25, 0.3) is 0 Å². The Kier molecular flexibility index (Phi) is 4.65. The zero-order valence-electron chi connectivity index (χ0n) is 13.8. The number of aryl methyl sites for hydroxylation is 1. The smallest absolute Gasteiger partial charge is 0.254 e. The molecule has 2 aromatic rings. The highest BCUT2D eigenvalue weighted by atomic mass is 16.5. The number of nitrogens with zero attached hydrogens (tertiary/aromatic N) is 1. The Labute approximate surface area is 137 Å². The lowest BCUT2D eigenvalue weighted by atomic mass is 9.93. The second-order valence-electron chi connectivity index (χ2n) is 6.03. The standard InChI is InChI=1S/C20H23NO2/c1-3-5-15-8-10-16(11-9-15)20(22)21-13-12-19(21)17-6-4-7-18(14-17)23-2/h4,6-11,14,19H,3,5,12-13H2,1-2H3. The van der Waals surface area contributed by atoms with Gasteiger partial charge in [0.25, 0.3) is 5.91 Å². The van der Waals surface area contributed by atoms with Crippen molar-refractivity contribution in [3.05, 3.63) is 65.2 Å². The number of methoxy groups -OCH3 is 1. The highest BCUT2D eigenvalue weighted by Crippen LogP contribution is 2.35. The summed E-state index contributed by atoms with van der Waals surface area (Å²) in [4.78, 5) is 14.7. The number of rotatable bonds is 5. The molecular formula is C20H23NO2. The molecule has 1 amide bonds. The number of ether oxygens (including phenoxy) is 1. The third-order valence-corrected chi connectivity index (χ3v) is 4.50. The van der Waals surface area contributed by atoms with E-state index >= 15 is 0 Å². The van der Waals surface area contributed by atoms with Crippen molar-refractivity contribution >= 4 is 5.91 Å². The molecule has 0 bridgehead atoms. The fourth-order valence-corrected chi connectivity index (χ4v) is 3.09. The van der Waals surface area contributed by atoms with Crippen LogP contribution in [0.15, 0.2) is 48.5 Å². The summed E-state index contributed by atoms with van der Waals surface area (Å²) in [5.41, 5.74) is 3.21. The summed E-state index contributed by atoms with van der Waals surface area (Å²) in [5.74, 6) is 0.956. The van der Waals surface area contributed by atoms with Crippen LogP contribution in [0.2, 0.25) is 0 Å². The Morgan fingerprint density at radius 1 is 1.22 bits per heavy atom. The molecule has 1 aliphatic rings. The van der Waals surface area contributed by atoms with Crippen LogP contribution in [-0.2, 0) is 6.42 Å². The van der Waals surface area contributed by atoms with Crippen molar-refractivity contribution in [1.29, 1.82) is 0 Å². The Hall–Kier alpha value is -2.29. The van der Waals surface area contributed by atoms with Crippen LogP contribution in [0.5, 0.6) is 5.75 Å². The van der Waals surface area contributed by atoms with Gasteiger partial charge in [-0.05, 0) is 48.2 Å². The van der Waals surface area contributed by atoms with Crippen molar-refractivity contribution in [3.63, 3.8) is 0 Å². The molecular weight excluding hydrogens is 286 g/mol. The quantitative estimate of drug-likeness (QED) is 0.827. The van der Waals surface area contributed by atoms with E-state index < -0.39 is 0 Å². The number of benzene rings is 2. The van der Waals surface area contributed by atoms with Crippen molar-refractivity contribution in [1.82, 2.24) is 4.90 Å². The van der Waals surface area contributed by atoms with E-state index in [0.717, 1.165) is 42.7 Å². The highest BCUT2D eigenvalue weighted by Gasteiger charge is 2.33. The van der Waals surface area contributed by atoms with Gasteiger partial charge in [-0.1, -0.05) is 37.6 Å². The summed E-state index contributed by atoms with van der Waals surface area (Å²) in [6, 6.07) is 16.2. The summed E-state index contributed by atoms with van der Waals surface area (Å²) in [5, 5.41) is 0. The Bertz CT molecular complexity index is 678. The molecule has 0 spiro atoms. The van der Waals surface area contributed by atoms with Crippen molar-refractivity contribution in [2.45, 2.75) is 32.2 Å². The molecule has 1 aliphatic heterocycles. The van der Waals surface area contributed by atoms with Crippen LogP contribution in [0.4, 0.5) is 0 Å². The number of likely N-dealkylation sites (tertiary alicyclic amines) is 1. The normalized spacial score (nSPS) is 16.8. The van der Waals surface area contributed by atoms with Crippen LogP contribution in [0, 0.1) is 0 Å². The predicted octanol–water partition coefficient (Wildman–Crippen LogP) is 4.23. The molecule has 0 radical (unpaired) electrons. The molecule has 1 heterocycles. The molecule has 3 nitrogen and oxygen atoms in total. The summed E-state index contributed by atoms with van der Waals surface area (Å²) in [7, 11) is 1.67. The minimum atomic E-state index is 0.118. The van der Waals surface area contributed by atoms with Gasteiger partial charge in [0.15, 0.2) is 0 Å². The Balaban J connectivity index is 1.74. The lowest BCUT2D eigenvalue weighted by Crippen LogP contribution is -2.45. The molecule has 0 saturated carbocycles. The van der Waals surface area contributed by atoms with E-state index in [2.05, 4.69) is 25.1 Å². The topological polar surface area (TPSA) is 29.5 Å². The van der Waals surface area contributed by atoms with Crippen LogP contribution in [-0.4, -0.2) is 24.5 Å². The molecule has 3 heteroatoms. The van der Waals surface area contributed by atoms with Gasteiger partial charge in [0.05, 0.1) is 13.2 Å². The molecule has 1 unspecified atom stereocenters. The van der Waals surface area contributed by atoms with Gasteiger partial charge in [-0.2, -0.15) is 0 Å². The molecule has 23 heavy (non-hydrogen) atoms. The molecule has 1 atom stereocenters. The fourth-order valence-electron chi connectivity index (χ4n) is 3.09. The predicted molar refractivity (Wildman–Crippen MR) is 91.8 cm³/mol. The third-order valence-electron chi connectivity index (χ3n) is 4.50. The van der Waals surface area contributed by atoms with E-state index in [1.165, 1.54) is 5.56 Å². The lowest BCUT2D eigenvalue weighted by molar-refractivity contribution is 0.0460. The van der Waals surface area contributed by atoms with Crippen molar-refractivity contribution in [2.24, 2.45) is 0 Å². The monoisotopic (exact) mass is 309 g/mol. The van der Waals surface area contributed by atoms with E-state index in [9.17, 15) is 4.79 Å². The van der Waals surface area contributed by atoms with Crippen molar-refractivity contribution in [2.75, 3.05) is 13.7 Å². The average molecular weight is 309 g/mol. The van der Waals surface area contributed by atoms with E-state index in [1.54, 1.807) is 7.11 Å². The van der Waals surface area contributed by atoms with Gasteiger partial charge in [-0.15, -0.1) is 0 Å². The van der Waals surface area contributed by atoms with Gasteiger partial charge in [-0.3, -0.25) is 4.79 Å². The maximum Gasteiger partial charge on any atom is 0.254 e. The van der Waals surface area contributed by atoms with E-state index in [0.29, 0.717) is 0 Å². The Morgan fingerprint density at radius 3 is 2.61 bits per heavy atom. The number of hydrogen-bond donors (Lipinski definition) is 0. The third kappa shape index (κ3) is 3.24. The lowest BCUT2D eigenvalue weighted by Gasteiger charge is -2.41. The van der Waals surface area contributed by atoms with Crippen molar-refractivity contribution < 1.29 is 9.53 Å². The van der Waals surface area contributed by atoms with Crippen LogP contribution in [0.3, 0.4) is 0 Å². The minimum absolute atomic E-state index is 0.118. The zero-order chi connectivity index (χ0) is 16.2. The first-order valence-corrected chi connectivity index (χ1v) is 8.26. The molecule has 1 saturated heterocycles. The molecule has 1 fully saturated rings. The SMILES string of the molecule is CCCc1ccc(C(=O)N2CCC2c2cccc(OC)c2)cc1. The summed E-state index contributed by atoms with van der Waals surface area (Å²) < 4.78 is 5.29. The van der Waals surface area contributed by atoms with E-state index in [-0.39, 0.29) is 11.9 Å². The average Bonchev–Trinajstić information content (AvgIpc) is 2.55. The summed E-state index contributed by atoms with van der Waals surface area (Å²) in [6.07, 6.45) is 3.19. The van der Waals surface area contributed by atoms with Gasteiger partial charge in [0, 0.05) is 12.1 Å². The molecule has 3 rings (SSSR count). The van der Waals surface area contributed by atoms with Crippen molar-refractivity contribution in [3.8, 4) is 5.75 Å². The number of carbonyl (C=O) groups is 1. The second-order valence-corrected chi connectivity index (χ2v) is 6.03. The second kappa shape index (κ2) is 6.86. The molecule has 0 aromatic heterocycles. The summed E-state index contributed by atoms with van der Waals surface area (Å²) in [6.45, 7) is 2.98. The van der Waals surface area contributed by atoms with Gasteiger partial charge < -0.3 is 9.64 Å². The summed E-state index contributed by atoms with van der Waals surface area (Å²) >= 11 is 0. The number of amides is 1. The van der Waals surface area contributed by atoms with Gasteiger partial charge >= 0.3 is 0 Å². The number of carbonyl (C=O) groups excluding carboxylic acids is 1. The minimum Gasteiger partial charge on any atom is -0.497 e. The van der Waals surface area contributed by atoms with E-state index in [4.69, 9.17) is 4.74 Å². The van der Waals surface area contributed by atoms with Crippen LogP contribution in [0.1, 0.15) is 47.3 Å². The number of hydrogen-bond acceptors (Lipinski definition) is 2. The Morgan fingerprint density at radius 2 is 2.00 bits per heavy atom. The molecule has 2 aromatic carbocycles. The first kappa shape index (κ1) is 15.6. The van der Waals surface area contributed by atoms with Crippen LogP contribution >= 0.6 is 0 Å². The van der Waals surface area contributed by atoms with Gasteiger partial charge in [0.2, 0.25) is 0 Å². The fraction of sp³-hybridized carbons (Fsp3) is 0.350. The maximum absolute atomic E-state index is 12.7. The maximum atomic E-state index is 12.7. The molecule has 0 N–H and O–H groups in total. The first-order chi connectivity index (χ1) is 11.2. The van der Waals surface area contributed by atoms with E-state index in [1.807, 2.05) is 35.2 Å². The zero-order valence-corrected chi connectivity index (χ0v) is 13.8.